The van der Waals surface area contributed by atoms with Crippen molar-refractivity contribution >= 4 is 0 Å². The molecule has 0 saturated carbocycles. The zero-order valence-electron chi connectivity index (χ0n) is 3.39. The molecule has 0 amide bonds. The van der Waals surface area contributed by atoms with Gasteiger partial charge in [-0.1, -0.05) is 0 Å². The number of aliphatic hydroxyl groups excluding tert-OH is 1. The van der Waals surface area contributed by atoms with Crippen molar-refractivity contribution in [1.29, 1.82) is 0 Å². The van der Waals surface area contributed by atoms with E-state index >= 15 is 0 Å². The van der Waals surface area contributed by atoms with Crippen LogP contribution in [0.4, 0.5) is 0 Å². The Morgan fingerprint density at radius 3 is 2.67 bits per heavy atom. The molecule has 0 atom stereocenters. The molecule has 0 aliphatic heterocycles. The minimum atomic E-state index is -1.84. The third-order valence-corrected chi connectivity index (χ3v) is 1.27. The van der Waals surface area contributed by atoms with Gasteiger partial charge in [-0.2, -0.15) is 0 Å². The van der Waals surface area contributed by atoms with E-state index in [0.29, 0.717) is 0 Å². The summed E-state index contributed by atoms with van der Waals surface area (Å²) in [5.41, 5.74) is 0. The number of rotatable bonds is 3. The first-order chi connectivity index (χ1) is 2.91. The molecule has 0 spiro atoms. The van der Waals surface area contributed by atoms with E-state index in [2.05, 4.69) is 3.56 Å². The van der Waals surface area contributed by atoms with Crippen molar-refractivity contribution in [2.45, 2.75) is 0 Å². The van der Waals surface area contributed by atoms with Gasteiger partial charge in [0.1, 0.15) is 0 Å². The summed E-state index contributed by atoms with van der Waals surface area (Å²) in [4.78, 5) is 0. The van der Waals surface area contributed by atoms with Crippen LogP contribution in [-0.2, 0) is 24.6 Å². The first-order valence-electron chi connectivity index (χ1n) is 1.68. The predicted molar refractivity (Wildman–Crippen MR) is 13.7 cm³/mol. The van der Waals surface area contributed by atoms with Crippen LogP contribution >= 0.6 is 0 Å². The van der Waals surface area contributed by atoms with Crippen molar-refractivity contribution in [1.82, 2.24) is 0 Å². The van der Waals surface area contributed by atoms with Gasteiger partial charge in [0.15, 0.2) is 0 Å². The van der Waals surface area contributed by atoms with Crippen LogP contribution in [0.1, 0.15) is 0 Å². The van der Waals surface area contributed by atoms with Crippen LogP contribution in [0, 0.1) is 0 Å². The summed E-state index contributed by atoms with van der Waals surface area (Å²) >= 11 is -1.84. The fourth-order valence-corrected chi connectivity index (χ4v) is 0.642. The van der Waals surface area contributed by atoms with Gasteiger partial charge in [0.05, 0.1) is 0 Å². The third-order valence-electron chi connectivity index (χ3n) is 0.319. The zero-order valence-corrected chi connectivity index (χ0v) is 6.35. The van der Waals surface area contributed by atoms with Crippen LogP contribution in [0.2, 0.25) is 0 Å². The predicted octanol–water partition coefficient (Wildman–Crippen LogP) is -0.662. The van der Waals surface area contributed by atoms with Gasteiger partial charge in [0.2, 0.25) is 0 Å². The summed E-state index contributed by atoms with van der Waals surface area (Å²) in [5, 5.41) is 7.96. The first kappa shape index (κ1) is 6.34. The van der Waals surface area contributed by atoms with E-state index in [4.69, 9.17) is 5.11 Å². The second-order valence-electron chi connectivity index (χ2n) is 0.750. The average Bonchev–Trinajstić information content (AvgIpc) is 1.61. The summed E-state index contributed by atoms with van der Waals surface area (Å²) in [5.74, 6) is 0. The summed E-state index contributed by atoms with van der Waals surface area (Å²) in [6, 6.07) is 0. The summed E-state index contributed by atoms with van der Waals surface area (Å²) in [6.45, 7) is 0.219. The van der Waals surface area contributed by atoms with Crippen LogP contribution in [-0.4, -0.2) is 18.3 Å². The fraction of sp³-hybridized carbons (Fsp3) is 1.00. The molecule has 0 heterocycles. The Bertz CT molecular complexity index is 37.8. The van der Waals surface area contributed by atoms with E-state index in [-0.39, 0.29) is 13.2 Å². The molecule has 0 aliphatic carbocycles. The molecule has 3 nitrogen and oxygen atoms in total. The monoisotopic (exact) mass is 141 g/mol. The van der Waals surface area contributed by atoms with E-state index in [1.165, 1.54) is 0 Å². The number of aliphatic hydroxyl groups is 1. The topological polar surface area (TPSA) is 46.5 Å². The normalized spacial score (nSPS) is 7.50. The van der Waals surface area contributed by atoms with Gasteiger partial charge in [0, 0.05) is 0 Å². The SMILES string of the molecule is [O]=[Zn][O]CCO. The molecule has 0 bridgehead atoms. The van der Waals surface area contributed by atoms with Crippen molar-refractivity contribution in [2.75, 3.05) is 13.2 Å². The molecule has 1 N–H and O–H groups in total. The van der Waals surface area contributed by atoms with Gasteiger partial charge in [-0.25, -0.2) is 0 Å². The fourth-order valence-electron chi connectivity index (χ4n) is 0.123. The Hall–Kier alpha value is 0.343. The third kappa shape index (κ3) is 4.34. The summed E-state index contributed by atoms with van der Waals surface area (Å²) < 4.78 is 13.9. The van der Waals surface area contributed by atoms with E-state index in [9.17, 15) is 3.57 Å². The van der Waals surface area contributed by atoms with E-state index in [0.717, 1.165) is 0 Å². The number of hydrogen-bond donors (Lipinski definition) is 1. The molecule has 6 heavy (non-hydrogen) atoms. The molecule has 0 unspecified atom stereocenters. The molecule has 0 rings (SSSR count). The van der Waals surface area contributed by atoms with E-state index in [1.54, 1.807) is 0 Å². The van der Waals surface area contributed by atoms with Crippen LogP contribution in [0.5, 0.6) is 0 Å². The Morgan fingerprint density at radius 2 is 2.50 bits per heavy atom. The molecule has 0 saturated heterocycles. The molecule has 33 valence electrons. The van der Waals surface area contributed by atoms with Crippen LogP contribution in [0.15, 0.2) is 0 Å². The van der Waals surface area contributed by atoms with Gasteiger partial charge in [-0.05, 0) is 0 Å². The van der Waals surface area contributed by atoms with Crippen LogP contribution < -0.4 is 0 Å². The van der Waals surface area contributed by atoms with Crippen LogP contribution in [0.25, 0.3) is 0 Å². The second kappa shape index (κ2) is 5.34. The minimum absolute atomic E-state index is 0.0203. The molecule has 0 radical (unpaired) electrons. The summed E-state index contributed by atoms with van der Waals surface area (Å²) in [7, 11) is 0. The van der Waals surface area contributed by atoms with Gasteiger partial charge >= 0.3 is 42.9 Å². The van der Waals surface area contributed by atoms with E-state index < -0.39 is 17.4 Å². The maximum absolute atomic E-state index is 9.54. The molecule has 0 aromatic heterocycles. The van der Waals surface area contributed by atoms with Crippen molar-refractivity contribution < 1.29 is 29.7 Å². The van der Waals surface area contributed by atoms with Gasteiger partial charge in [-0.3, -0.25) is 0 Å². The van der Waals surface area contributed by atoms with Gasteiger partial charge in [0.25, 0.3) is 0 Å². The van der Waals surface area contributed by atoms with E-state index in [1.807, 2.05) is 0 Å². The molecular weight excluding hydrogens is 137 g/mol. The van der Waals surface area contributed by atoms with Crippen molar-refractivity contribution in [3.05, 3.63) is 0 Å². The maximum atomic E-state index is 9.54. The molecular formula is C2H5O3Zn. The van der Waals surface area contributed by atoms with Gasteiger partial charge in [-0.15, -0.1) is 0 Å². The molecule has 4 heteroatoms. The Kier molecular flexibility index (Phi) is 5.65. The van der Waals surface area contributed by atoms with Crippen molar-refractivity contribution in [2.24, 2.45) is 0 Å². The summed E-state index contributed by atoms with van der Waals surface area (Å²) in [6.07, 6.45) is 0. The Labute approximate surface area is 43.6 Å². The van der Waals surface area contributed by atoms with Gasteiger partial charge < -0.3 is 0 Å². The molecule has 0 fully saturated rings. The zero-order chi connectivity index (χ0) is 4.83. The average molecular weight is 142 g/mol. The van der Waals surface area contributed by atoms with Crippen LogP contribution in [0.3, 0.4) is 0 Å². The molecule has 0 aliphatic rings. The Morgan fingerprint density at radius 1 is 1.83 bits per heavy atom. The van der Waals surface area contributed by atoms with Crippen molar-refractivity contribution in [3.8, 4) is 0 Å². The Balaban J connectivity index is 2.49. The molecule has 0 aromatic carbocycles. The molecule has 0 aromatic rings. The standard InChI is InChI=1S/C2H5O2.O.Zn/c3-1-2-4;;/h3H,1-2H2;;/q-1;;+1. The number of hydrogen-bond acceptors (Lipinski definition) is 3. The van der Waals surface area contributed by atoms with Crippen molar-refractivity contribution in [3.63, 3.8) is 0 Å². The quantitative estimate of drug-likeness (QED) is 0.420. The second-order valence-corrected chi connectivity index (χ2v) is 2.10. The first-order valence-corrected chi connectivity index (χ1v) is 4.10.